The lowest BCUT2D eigenvalue weighted by Crippen LogP contribution is -2.28. The monoisotopic (exact) mass is 268 g/mol. The van der Waals surface area contributed by atoms with E-state index in [1.165, 1.54) is 11.1 Å². The number of hydrogen-bond acceptors (Lipinski definition) is 1. The molecule has 0 heterocycles. The van der Waals surface area contributed by atoms with Gasteiger partial charge < -0.3 is 5.11 Å². The molecule has 20 heavy (non-hydrogen) atoms. The molecular weight excluding hydrogens is 248 g/mol. The molecular formula is C18H20O2. The van der Waals surface area contributed by atoms with E-state index in [2.05, 4.69) is 32.0 Å². The lowest BCUT2D eigenvalue weighted by atomic mass is 9.83. The predicted molar refractivity (Wildman–Crippen MR) is 82.0 cm³/mol. The Morgan fingerprint density at radius 1 is 1.05 bits per heavy atom. The second-order valence-corrected chi connectivity index (χ2v) is 5.83. The third-order valence-corrected chi connectivity index (χ3v) is 3.82. The van der Waals surface area contributed by atoms with Crippen LogP contribution in [0.25, 0.3) is 11.1 Å². The predicted octanol–water partition coefficient (Wildman–Crippen LogP) is 4.33. The Balaban J connectivity index is 2.55. The minimum absolute atomic E-state index is 0.810. The molecule has 0 aliphatic rings. The van der Waals surface area contributed by atoms with Crippen molar-refractivity contribution >= 4 is 5.97 Å². The van der Waals surface area contributed by atoms with Crippen molar-refractivity contribution in [3.63, 3.8) is 0 Å². The van der Waals surface area contributed by atoms with Crippen molar-refractivity contribution in [2.45, 2.75) is 33.1 Å². The summed E-state index contributed by atoms with van der Waals surface area (Å²) in [7, 11) is 0. The summed E-state index contributed by atoms with van der Waals surface area (Å²) in [6.45, 7) is 7.60. The van der Waals surface area contributed by atoms with E-state index >= 15 is 0 Å². The zero-order chi connectivity index (χ0) is 14.9. The van der Waals surface area contributed by atoms with Gasteiger partial charge in [-0.25, -0.2) is 0 Å². The van der Waals surface area contributed by atoms with Crippen molar-refractivity contribution in [1.29, 1.82) is 0 Å². The molecule has 0 amide bonds. The van der Waals surface area contributed by atoms with E-state index in [4.69, 9.17) is 0 Å². The van der Waals surface area contributed by atoms with Crippen molar-refractivity contribution in [2.24, 2.45) is 0 Å². The van der Waals surface area contributed by atoms with E-state index in [0.717, 1.165) is 16.7 Å². The Labute approximate surface area is 120 Å². The smallest absolute Gasteiger partial charge is 0.313 e. The molecule has 2 aromatic rings. The van der Waals surface area contributed by atoms with Gasteiger partial charge in [0.25, 0.3) is 0 Å². The number of hydrogen-bond donors (Lipinski definition) is 1. The van der Waals surface area contributed by atoms with Crippen molar-refractivity contribution < 1.29 is 9.90 Å². The molecule has 2 aromatic carbocycles. The van der Waals surface area contributed by atoms with E-state index in [-0.39, 0.29) is 0 Å². The molecule has 2 rings (SSSR count). The molecule has 0 unspecified atom stereocenters. The fourth-order valence-electron chi connectivity index (χ4n) is 2.25. The topological polar surface area (TPSA) is 37.3 Å². The molecule has 0 bridgehead atoms. The standard InChI is InChI=1S/C18H20O2/c1-12-8-9-13(2)16(10-12)14-6-5-7-15(11-14)18(3,4)17(19)20/h5-11H,1-4H3,(H,19,20). The first-order valence-electron chi connectivity index (χ1n) is 6.74. The van der Waals surface area contributed by atoms with Crippen LogP contribution in [0.5, 0.6) is 0 Å². The zero-order valence-corrected chi connectivity index (χ0v) is 12.4. The van der Waals surface area contributed by atoms with Gasteiger partial charge in [0.05, 0.1) is 5.41 Å². The number of carboxylic acid groups (broad SMARTS) is 1. The highest BCUT2D eigenvalue weighted by Crippen LogP contribution is 2.30. The van der Waals surface area contributed by atoms with Gasteiger partial charge in [0.15, 0.2) is 0 Å². The van der Waals surface area contributed by atoms with Crippen LogP contribution in [0.15, 0.2) is 42.5 Å². The van der Waals surface area contributed by atoms with Crippen molar-refractivity contribution in [1.82, 2.24) is 0 Å². The van der Waals surface area contributed by atoms with Gasteiger partial charge in [0, 0.05) is 0 Å². The summed E-state index contributed by atoms with van der Waals surface area (Å²) in [4.78, 5) is 11.4. The van der Waals surface area contributed by atoms with E-state index in [1.54, 1.807) is 13.8 Å². The van der Waals surface area contributed by atoms with Gasteiger partial charge in [-0.3, -0.25) is 4.79 Å². The Bertz CT molecular complexity index is 654. The maximum absolute atomic E-state index is 11.4. The lowest BCUT2D eigenvalue weighted by Gasteiger charge is -2.20. The average molecular weight is 268 g/mol. The first-order chi connectivity index (χ1) is 9.32. The number of aliphatic carboxylic acids is 1. The minimum atomic E-state index is -0.881. The number of benzene rings is 2. The van der Waals surface area contributed by atoms with Crippen LogP contribution < -0.4 is 0 Å². The molecule has 0 saturated carbocycles. The van der Waals surface area contributed by atoms with E-state index in [1.807, 2.05) is 24.3 Å². The number of rotatable bonds is 3. The van der Waals surface area contributed by atoms with Crippen LogP contribution in [0.4, 0.5) is 0 Å². The van der Waals surface area contributed by atoms with Gasteiger partial charge in [-0.2, -0.15) is 0 Å². The highest BCUT2D eigenvalue weighted by atomic mass is 16.4. The fraction of sp³-hybridized carbons (Fsp3) is 0.278. The summed E-state index contributed by atoms with van der Waals surface area (Å²) >= 11 is 0. The Morgan fingerprint density at radius 3 is 2.40 bits per heavy atom. The SMILES string of the molecule is Cc1ccc(C)c(-c2cccc(C(C)(C)C(=O)O)c2)c1. The number of carboxylic acids is 1. The number of aryl methyl sites for hydroxylation is 2. The van der Waals surface area contributed by atoms with Gasteiger partial charge in [-0.05, 0) is 49.9 Å². The quantitative estimate of drug-likeness (QED) is 0.899. The van der Waals surface area contributed by atoms with Gasteiger partial charge in [0.2, 0.25) is 0 Å². The van der Waals surface area contributed by atoms with Crippen molar-refractivity contribution in [2.75, 3.05) is 0 Å². The second-order valence-electron chi connectivity index (χ2n) is 5.83. The summed E-state index contributed by atoms with van der Waals surface area (Å²) in [6.07, 6.45) is 0. The van der Waals surface area contributed by atoms with Crippen LogP contribution >= 0.6 is 0 Å². The summed E-state index contributed by atoms with van der Waals surface area (Å²) < 4.78 is 0. The first-order valence-corrected chi connectivity index (χ1v) is 6.74. The van der Waals surface area contributed by atoms with Crippen LogP contribution in [-0.2, 0) is 10.2 Å². The van der Waals surface area contributed by atoms with Crippen LogP contribution in [0.3, 0.4) is 0 Å². The van der Waals surface area contributed by atoms with Crippen molar-refractivity contribution in [3.05, 3.63) is 59.2 Å². The number of carbonyl (C=O) groups is 1. The molecule has 0 fully saturated rings. The van der Waals surface area contributed by atoms with Crippen molar-refractivity contribution in [3.8, 4) is 11.1 Å². The maximum atomic E-state index is 11.4. The van der Waals surface area contributed by atoms with Crippen LogP contribution in [0, 0.1) is 13.8 Å². The van der Waals surface area contributed by atoms with Crippen LogP contribution in [0.2, 0.25) is 0 Å². The minimum Gasteiger partial charge on any atom is -0.481 e. The highest BCUT2D eigenvalue weighted by Gasteiger charge is 2.29. The van der Waals surface area contributed by atoms with Crippen LogP contribution in [-0.4, -0.2) is 11.1 Å². The zero-order valence-electron chi connectivity index (χ0n) is 12.4. The summed E-state index contributed by atoms with van der Waals surface area (Å²) in [5.41, 5.74) is 4.57. The Hall–Kier alpha value is -2.09. The maximum Gasteiger partial charge on any atom is 0.313 e. The molecule has 2 nitrogen and oxygen atoms in total. The third-order valence-electron chi connectivity index (χ3n) is 3.82. The van der Waals surface area contributed by atoms with E-state index < -0.39 is 11.4 Å². The second kappa shape index (κ2) is 5.12. The summed E-state index contributed by atoms with van der Waals surface area (Å²) in [5.74, 6) is -0.810. The Kier molecular flexibility index (Phi) is 3.67. The summed E-state index contributed by atoms with van der Waals surface area (Å²) in [6, 6.07) is 14.1. The average Bonchev–Trinajstić information content (AvgIpc) is 2.41. The molecule has 0 atom stereocenters. The third kappa shape index (κ3) is 2.60. The fourth-order valence-corrected chi connectivity index (χ4v) is 2.25. The first kappa shape index (κ1) is 14.3. The molecule has 0 aromatic heterocycles. The Morgan fingerprint density at radius 2 is 1.75 bits per heavy atom. The highest BCUT2D eigenvalue weighted by molar-refractivity contribution is 5.81. The van der Waals surface area contributed by atoms with Gasteiger partial charge >= 0.3 is 5.97 Å². The molecule has 0 aliphatic carbocycles. The van der Waals surface area contributed by atoms with Gasteiger partial charge in [-0.1, -0.05) is 48.0 Å². The lowest BCUT2D eigenvalue weighted by molar-refractivity contribution is -0.142. The van der Waals surface area contributed by atoms with Crippen LogP contribution in [0.1, 0.15) is 30.5 Å². The summed E-state index contributed by atoms with van der Waals surface area (Å²) in [5, 5.41) is 9.35. The largest absolute Gasteiger partial charge is 0.481 e. The molecule has 0 spiro atoms. The van der Waals surface area contributed by atoms with Gasteiger partial charge in [-0.15, -0.1) is 0 Å². The normalized spacial score (nSPS) is 11.4. The van der Waals surface area contributed by atoms with E-state index in [9.17, 15) is 9.90 Å². The van der Waals surface area contributed by atoms with Gasteiger partial charge in [0.1, 0.15) is 0 Å². The molecule has 0 aliphatic heterocycles. The van der Waals surface area contributed by atoms with E-state index in [0.29, 0.717) is 0 Å². The molecule has 0 radical (unpaired) electrons. The molecule has 1 N–H and O–H groups in total. The molecule has 104 valence electrons. The molecule has 0 saturated heterocycles. The molecule has 2 heteroatoms.